The van der Waals surface area contributed by atoms with E-state index in [1.165, 1.54) is 25.7 Å². The first-order chi connectivity index (χ1) is 6.27. The van der Waals surface area contributed by atoms with Gasteiger partial charge in [-0.25, -0.2) is 0 Å². The van der Waals surface area contributed by atoms with Crippen molar-refractivity contribution in [3.63, 3.8) is 0 Å². The van der Waals surface area contributed by atoms with E-state index < -0.39 is 0 Å². The molecule has 0 heterocycles. The van der Waals surface area contributed by atoms with Crippen LogP contribution in [0.5, 0.6) is 0 Å². The van der Waals surface area contributed by atoms with Crippen molar-refractivity contribution >= 4 is 18.5 Å². The van der Waals surface area contributed by atoms with Crippen LogP contribution >= 0.6 is 12.6 Å². The Morgan fingerprint density at radius 2 is 2.15 bits per heavy atom. The lowest BCUT2D eigenvalue weighted by atomic mass is 9.83. The smallest absolute Gasteiger partial charge is 0.229 e. The average molecular weight is 201 g/mol. The van der Waals surface area contributed by atoms with E-state index >= 15 is 0 Å². The van der Waals surface area contributed by atoms with Gasteiger partial charge in [-0.15, -0.1) is 0 Å². The molecule has 0 aromatic carbocycles. The molecule has 3 heteroatoms. The minimum Gasteiger partial charge on any atom is -0.352 e. The second-order valence-electron chi connectivity index (χ2n) is 3.78. The lowest BCUT2D eigenvalue weighted by Gasteiger charge is -2.31. The zero-order valence-electron chi connectivity index (χ0n) is 8.25. The second kappa shape index (κ2) is 5.53. The summed E-state index contributed by atoms with van der Waals surface area (Å²) in [6, 6.07) is 0.415. The quantitative estimate of drug-likeness (QED) is 0.672. The van der Waals surface area contributed by atoms with Gasteiger partial charge in [-0.05, 0) is 18.8 Å². The summed E-state index contributed by atoms with van der Waals surface area (Å²) in [7, 11) is 0. The Balaban J connectivity index is 2.40. The first kappa shape index (κ1) is 10.9. The van der Waals surface area contributed by atoms with Gasteiger partial charge in [0, 0.05) is 6.04 Å². The number of hydrogen-bond donors (Lipinski definition) is 2. The Morgan fingerprint density at radius 1 is 1.46 bits per heavy atom. The Bertz CT molecular complexity index is 172. The van der Waals surface area contributed by atoms with Crippen LogP contribution in [0.3, 0.4) is 0 Å². The van der Waals surface area contributed by atoms with Gasteiger partial charge >= 0.3 is 0 Å². The molecule has 76 valence electrons. The van der Waals surface area contributed by atoms with Gasteiger partial charge in [-0.3, -0.25) is 4.79 Å². The van der Waals surface area contributed by atoms with Crippen LogP contribution in [0, 0.1) is 5.92 Å². The van der Waals surface area contributed by atoms with Crippen LogP contribution in [0.15, 0.2) is 0 Å². The van der Waals surface area contributed by atoms with Crippen molar-refractivity contribution in [3.05, 3.63) is 0 Å². The lowest BCUT2D eigenvalue weighted by Crippen LogP contribution is -2.42. The Morgan fingerprint density at radius 3 is 2.77 bits per heavy atom. The van der Waals surface area contributed by atoms with Crippen molar-refractivity contribution in [2.75, 3.05) is 5.75 Å². The van der Waals surface area contributed by atoms with Crippen LogP contribution < -0.4 is 5.32 Å². The number of hydrogen-bond acceptors (Lipinski definition) is 2. The highest BCUT2D eigenvalue weighted by atomic mass is 32.1. The Hall–Kier alpha value is -0.180. The fourth-order valence-corrected chi connectivity index (χ4v) is 2.23. The summed E-state index contributed by atoms with van der Waals surface area (Å²) in [6.45, 7) is 2.20. The summed E-state index contributed by atoms with van der Waals surface area (Å²) in [5.74, 6) is 1.08. The highest BCUT2D eigenvalue weighted by molar-refractivity contribution is 7.81. The normalized spacial score (nSPS) is 28.5. The van der Waals surface area contributed by atoms with Gasteiger partial charge in [0.1, 0.15) is 0 Å². The molecule has 0 aliphatic heterocycles. The van der Waals surface area contributed by atoms with Crippen LogP contribution in [-0.4, -0.2) is 17.7 Å². The van der Waals surface area contributed by atoms with Gasteiger partial charge in [-0.2, -0.15) is 12.6 Å². The fraction of sp³-hybridized carbons (Fsp3) is 0.900. The minimum atomic E-state index is 0.0775. The number of thiol groups is 1. The van der Waals surface area contributed by atoms with E-state index in [1.54, 1.807) is 0 Å². The zero-order valence-corrected chi connectivity index (χ0v) is 9.15. The molecule has 2 atom stereocenters. The summed E-state index contributed by atoms with van der Waals surface area (Å²) in [5.41, 5.74) is 0. The van der Waals surface area contributed by atoms with E-state index in [0.717, 1.165) is 6.42 Å². The SMILES string of the molecule is CCC1CCCCC1NC(=O)CS. The standard InChI is InChI=1S/C10H19NOS/c1-2-8-5-3-4-6-9(8)11-10(12)7-13/h8-9,13H,2-7H2,1H3,(H,11,12). The molecule has 1 rings (SSSR count). The van der Waals surface area contributed by atoms with Gasteiger partial charge in [0.15, 0.2) is 0 Å². The van der Waals surface area contributed by atoms with E-state index in [-0.39, 0.29) is 5.91 Å². The monoisotopic (exact) mass is 201 g/mol. The molecule has 13 heavy (non-hydrogen) atoms. The minimum absolute atomic E-state index is 0.0775. The molecule has 1 fully saturated rings. The molecular weight excluding hydrogens is 182 g/mol. The molecule has 1 amide bonds. The zero-order chi connectivity index (χ0) is 9.68. The molecule has 0 spiro atoms. The van der Waals surface area contributed by atoms with Gasteiger partial charge in [0.05, 0.1) is 5.75 Å². The summed E-state index contributed by atoms with van der Waals surface area (Å²) in [5, 5.41) is 3.05. The van der Waals surface area contributed by atoms with E-state index in [0.29, 0.717) is 17.7 Å². The van der Waals surface area contributed by atoms with E-state index in [9.17, 15) is 4.79 Å². The summed E-state index contributed by atoms with van der Waals surface area (Å²) >= 11 is 3.96. The van der Waals surface area contributed by atoms with Crippen LogP contribution in [0.25, 0.3) is 0 Å². The number of amides is 1. The van der Waals surface area contributed by atoms with Crippen LogP contribution in [0.1, 0.15) is 39.0 Å². The largest absolute Gasteiger partial charge is 0.352 e. The van der Waals surface area contributed by atoms with E-state index in [2.05, 4.69) is 24.9 Å². The predicted octanol–water partition coefficient (Wildman–Crippen LogP) is 2.00. The first-order valence-corrected chi connectivity index (χ1v) is 5.81. The maximum atomic E-state index is 11.2. The molecule has 1 saturated carbocycles. The Labute approximate surface area is 85.9 Å². The predicted molar refractivity (Wildman–Crippen MR) is 58.0 cm³/mol. The molecule has 1 aliphatic rings. The summed E-state index contributed by atoms with van der Waals surface area (Å²) in [4.78, 5) is 11.2. The van der Waals surface area contributed by atoms with Crippen molar-refractivity contribution in [2.45, 2.75) is 45.1 Å². The van der Waals surface area contributed by atoms with Crippen molar-refractivity contribution < 1.29 is 4.79 Å². The van der Waals surface area contributed by atoms with Gasteiger partial charge in [0.2, 0.25) is 5.91 Å². The summed E-state index contributed by atoms with van der Waals surface area (Å²) in [6.07, 6.45) is 6.18. The molecule has 0 aromatic heterocycles. The first-order valence-electron chi connectivity index (χ1n) is 5.18. The van der Waals surface area contributed by atoms with Crippen LogP contribution in [0.2, 0.25) is 0 Å². The highest BCUT2D eigenvalue weighted by Gasteiger charge is 2.24. The maximum Gasteiger partial charge on any atom is 0.229 e. The van der Waals surface area contributed by atoms with E-state index in [1.807, 2.05) is 0 Å². The van der Waals surface area contributed by atoms with Crippen molar-refractivity contribution in [1.82, 2.24) is 5.32 Å². The molecule has 0 aromatic rings. The molecule has 1 N–H and O–H groups in total. The molecule has 2 unspecified atom stereocenters. The highest BCUT2D eigenvalue weighted by Crippen LogP contribution is 2.26. The number of rotatable bonds is 3. The van der Waals surface area contributed by atoms with E-state index in [4.69, 9.17) is 0 Å². The van der Waals surface area contributed by atoms with Crippen LogP contribution in [-0.2, 0) is 4.79 Å². The topological polar surface area (TPSA) is 29.1 Å². The third-order valence-electron chi connectivity index (χ3n) is 2.92. The van der Waals surface area contributed by atoms with Gasteiger partial charge < -0.3 is 5.32 Å². The van der Waals surface area contributed by atoms with Crippen molar-refractivity contribution in [1.29, 1.82) is 0 Å². The van der Waals surface area contributed by atoms with Gasteiger partial charge in [0.25, 0.3) is 0 Å². The van der Waals surface area contributed by atoms with Crippen molar-refractivity contribution in [2.24, 2.45) is 5.92 Å². The molecule has 0 saturated heterocycles. The molecule has 1 aliphatic carbocycles. The third kappa shape index (κ3) is 3.22. The molecule has 0 bridgehead atoms. The number of nitrogens with one attached hydrogen (secondary N) is 1. The fourth-order valence-electron chi connectivity index (χ4n) is 2.14. The lowest BCUT2D eigenvalue weighted by molar-refractivity contribution is -0.119. The second-order valence-corrected chi connectivity index (χ2v) is 4.10. The number of carbonyl (C=O) groups is 1. The van der Waals surface area contributed by atoms with Crippen molar-refractivity contribution in [3.8, 4) is 0 Å². The Kier molecular flexibility index (Phi) is 4.64. The molecule has 0 radical (unpaired) electrons. The van der Waals surface area contributed by atoms with Crippen LogP contribution in [0.4, 0.5) is 0 Å². The summed E-state index contributed by atoms with van der Waals surface area (Å²) < 4.78 is 0. The average Bonchev–Trinajstić information content (AvgIpc) is 2.18. The third-order valence-corrected chi connectivity index (χ3v) is 3.21. The maximum absolute atomic E-state index is 11.2. The molecular formula is C10H19NOS. The molecule has 2 nitrogen and oxygen atoms in total. The van der Waals surface area contributed by atoms with Gasteiger partial charge in [-0.1, -0.05) is 26.2 Å². The number of carbonyl (C=O) groups excluding carboxylic acids is 1.